The Morgan fingerprint density at radius 1 is 1.17 bits per heavy atom. The van der Waals surface area contributed by atoms with E-state index in [1.165, 1.54) is 16.0 Å². The maximum atomic E-state index is 12.6. The SMILES string of the molecule is O=C(Cc1cn2ccsc2n1)NC[C@H](c1ccccc1)N1CCc2sccc2C1. The fourth-order valence-electron chi connectivity index (χ4n) is 3.97. The van der Waals surface area contributed by atoms with Gasteiger partial charge in [-0.15, -0.1) is 22.7 Å². The zero-order valence-corrected chi connectivity index (χ0v) is 17.6. The van der Waals surface area contributed by atoms with Crippen LogP contribution >= 0.6 is 22.7 Å². The first kappa shape index (κ1) is 18.5. The Hall–Kier alpha value is -2.48. The Kier molecular flexibility index (Phi) is 5.18. The van der Waals surface area contributed by atoms with Gasteiger partial charge in [0.2, 0.25) is 5.91 Å². The first-order chi connectivity index (χ1) is 14.3. The van der Waals surface area contributed by atoms with Crippen molar-refractivity contribution in [2.24, 2.45) is 0 Å². The number of hydrogen-bond donors (Lipinski definition) is 1. The number of amides is 1. The monoisotopic (exact) mass is 422 g/mol. The summed E-state index contributed by atoms with van der Waals surface area (Å²) in [4.78, 5) is 22.0. The van der Waals surface area contributed by atoms with Crippen LogP contribution in [0.15, 0.2) is 59.6 Å². The second kappa shape index (κ2) is 8.10. The molecule has 4 aromatic rings. The summed E-state index contributed by atoms with van der Waals surface area (Å²) in [5.74, 6) is 0.0184. The van der Waals surface area contributed by atoms with Gasteiger partial charge in [0, 0.05) is 42.3 Å². The van der Waals surface area contributed by atoms with Crippen LogP contribution in [0, 0.1) is 0 Å². The number of fused-ring (bicyclic) bond motifs is 2. The number of benzene rings is 1. The standard InChI is InChI=1S/C22H22N4OS2/c27-21(12-18-15-26-9-11-29-22(26)24-18)23-13-19(16-4-2-1-3-5-16)25-8-6-20-17(14-25)7-10-28-20/h1-5,7,9-11,15,19H,6,8,12-14H2,(H,23,27)/t19-/m1/s1. The van der Waals surface area contributed by atoms with Gasteiger partial charge in [0.25, 0.3) is 0 Å². The molecular formula is C22H22N4OS2. The number of nitrogens with one attached hydrogen (secondary N) is 1. The third kappa shape index (κ3) is 3.99. The molecule has 29 heavy (non-hydrogen) atoms. The topological polar surface area (TPSA) is 49.6 Å². The largest absolute Gasteiger partial charge is 0.354 e. The van der Waals surface area contributed by atoms with Crippen molar-refractivity contribution in [3.63, 3.8) is 0 Å². The van der Waals surface area contributed by atoms with Gasteiger partial charge in [-0.1, -0.05) is 30.3 Å². The second-order valence-electron chi connectivity index (χ2n) is 7.32. The van der Waals surface area contributed by atoms with Crippen LogP contribution in [-0.2, 0) is 24.2 Å². The summed E-state index contributed by atoms with van der Waals surface area (Å²) < 4.78 is 1.96. The van der Waals surface area contributed by atoms with Crippen LogP contribution in [0.2, 0.25) is 0 Å². The molecule has 148 valence electrons. The van der Waals surface area contributed by atoms with E-state index in [-0.39, 0.29) is 11.9 Å². The molecule has 4 heterocycles. The lowest BCUT2D eigenvalue weighted by molar-refractivity contribution is -0.120. The van der Waals surface area contributed by atoms with E-state index in [1.807, 2.05) is 39.6 Å². The smallest absolute Gasteiger partial charge is 0.226 e. The summed E-state index contributed by atoms with van der Waals surface area (Å²) in [5.41, 5.74) is 3.48. The van der Waals surface area contributed by atoms with Crippen LogP contribution in [0.1, 0.15) is 27.7 Å². The number of hydrogen-bond acceptors (Lipinski definition) is 5. The molecule has 0 radical (unpaired) electrons. The van der Waals surface area contributed by atoms with Gasteiger partial charge < -0.3 is 5.32 Å². The Bertz CT molecular complexity index is 1090. The molecule has 0 spiro atoms. The van der Waals surface area contributed by atoms with E-state index in [4.69, 9.17) is 0 Å². The summed E-state index contributed by atoms with van der Waals surface area (Å²) in [6, 6.07) is 12.9. The van der Waals surface area contributed by atoms with E-state index in [9.17, 15) is 4.79 Å². The summed E-state index contributed by atoms with van der Waals surface area (Å²) in [7, 11) is 0. The molecule has 3 aromatic heterocycles. The van der Waals surface area contributed by atoms with E-state index in [0.29, 0.717) is 13.0 Å². The van der Waals surface area contributed by atoms with Gasteiger partial charge in [-0.05, 0) is 29.0 Å². The highest BCUT2D eigenvalue weighted by Crippen LogP contribution is 2.30. The number of thiazole rings is 1. The van der Waals surface area contributed by atoms with Crippen LogP contribution < -0.4 is 5.32 Å². The van der Waals surface area contributed by atoms with Crippen molar-refractivity contribution in [1.82, 2.24) is 19.6 Å². The molecule has 5 rings (SSSR count). The normalized spacial score (nSPS) is 15.3. The van der Waals surface area contributed by atoms with Crippen molar-refractivity contribution >= 4 is 33.5 Å². The van der Waals surface area contributed by atoms with Crippen molar-refractivity contribution in [2.45, 2.75) is 25.4 Å². The molecule has 1 aliphatic rings. The molecule has 1 amide bonds. The van der Waals surface area contributed by atoms with E-state index in [0.717, 1.165) is 30.2 Å². The fourth-order valence-corrected chi connectivity index (χ4v) is 5.58. The minimum Gasteiger partial charge on any atom is -0.354 e. The molecule has 0 unspecified atom stereocenters. The molecule has 0 fully saturated rings. The Balaban J connectivity index is 1.28. The van der Waals surface area contributed by atoms with E-state index in [2.05, 4.69) is 50.9 Å². The third-order valence-corrected chi connectivity index (χ3v) is 7.23. The molecule has 1 N–H and O–H groups in total. The van der Waals surface area contributed by atoms with Gasteiger partial charge in [0.05, 0.1) is 18.2 Å². The number of imidazole rings is 1. The number of rotatable bonds is 6. The van der Waals surface area contributed by atoms with Crippen LogP contribution in [0.4, 0.5) is 0 Å². The van der Waals surface area contributed by atoms with Crippen LogP contribution in [0.25, 0.3) is 4.96 Å². The van der Waals surface area contributed by atoms with Crippen molar-refractivity contribution in [1.29, 1.82) is 0 Å². The van der Waals surface area contributed by atoms with Gasteiger partial charge in [-0.25, -0.2) is 4.98 Å². The summed E-state index contributed by atoms with van der Waals surface area (Å²) in [5, 5.41) is 7.34. The Morgan fingerprint density at radius 3 is 2.93 bits per heavy atom. The molecule has 1 aliphatic heterocycles. The first-order valence-electron chi connectivity index (χ1n) is 9.78. The molecule has 1 aromatic carbocycles. The number of thiophene rings is 1. The molecule has 1 atom stereocenters. The van der Waals surface area contributed by atoms with Gasteiger partial charge in [0.1, 0.15) is 0 Å². The number of aromatic nitrogens is 2. The maximum absolute atomic E-state index is 12.6. The van der Waals surface area contributed by atoms with Crippen molar-refractivity contribution in [3.8, 4) is 0 Å². The van der Waals surface area contributed by atoms with Crippen molar-refractivity contribution in [2.75, 3.05) is 13.1 Å². The molecular weight excluding hydrogens is 400 g/mol. The summed E-state index contributed by atoms with van der Waals surface area (Å²) in [6.07, 6.45) is 5.29. The average molecular weight is 423 g/mol. The average Bonchev–Trinajstić information content (AvgIpc) is 3.44. The van der Waals surface area contributed by atoms with Gasteiger partial charge >= 0.3 is 0 Å². The Morgan fingerprint density at radius 2 is 2.07 bits per heavy atom. The minimum absolute atomic E-state index is 0.0184. The zero-order chi connectivity index (χ0) is 19.6. The van der Waals surface area contributed by atoms with Crippen LogP contribution in [-0.4, -0.2) is 33.3 Å². The lowest BCUT2D eigenvalue weighted by Gasteiger charge is -2.35. The van der Waals surface area contributed by atoms with Crippen LogP contribution in [0.3, 0.4) is 0 Å². The fraction of sp³-hybridized carbons (Fsp3) is 0.273. The number of nitrogens with zero attached hydrogens (tertiary/aromatic N) is 3. The van der Waals surface area contributed by atoms with E-state index < -0.39 is 0 Å². The molecule has 0 aliphatic carbocycles. The molecule has 5 nitrogen and oxygen atoms in total. The van der Waals surface area contributed by atoms with Crippen molar-refractivity contribution in [3.05, 3.63) is 81.2 Å². The van der Waals surface area contributed by atoms with Crippen molar-refractivity contribution < 1.29 is 4.79 Å². The highest BCUT2D eigenvalue weighted by molar-refractivity contribution is 7.15. The quantitative estimate of drug-likeness (QED) is 0.512. The first-order valence-corrected chi connectivity index (χ1v) is 11.5. The Labute approximate surface area is 177 Å². The zero-order valence-electron chi connectivity index (χ0n) is 16.0. The van der Waals surface area contributed by atoms with Crippen LogP contribution in [0.5, 0.6) is 0 Å². The lowest BCUT2D eigenvalue weighted by Crippen LogP contribution is -2.40. The maximum Gasteiger partial charge on any atom is 0.226 e. The highest BCUT2D eigenvalue weighted by atomic mass is 32.1. The van der Waals surface area contributed by atoms with Gasteiger partial charge in [0.15, 0.2) is 4.96 Å². The highest BCUT2D eigenvalue weighted by Gasteiger charge is 2.26. The predicted molar refractivity (Wildman–Crippen MR) is 117 cm³/mol. The number of carbonyl (C=O) groups excluding carboxylic acids is 1. The predicted octanol–water partition coefficient (Wildman–Crippen LogP) is 3.92. The van der Waals surface area contributed by atoms with Gasteiger partial charge in [-0.3, -0.25) is 14.1 Å². The summed E-state index contributed by atoms with van der Waals surface area (Å²) >= 11 is 3.43. The minimum atomic E-state index is 0.0184. The second-order valence-corrected chi connectivity index (χ2v) is 9.20. The number of carbonyl (C=O) groups is 1. The summed E-state index contributed by atoms with van der Waals surface area (Å²) in [6.45, 7) is 2.55. The molecule has 0 saturated heterocycles. The molecule has 0 saturated carbocycles. The van der Waals surface area contributed by atoms with E-state index >= 15 is 0 Å². The van der Waals surface area contributed by atoms with Gasteiger partial charge in [-0.2, -0.15) is 0 Å². The van der Waals surface area contributed by atoms with E-state index in [1.54, 1.807) is 11.3 Å². The molecule has 7 heteroatoms. The lowest BCUT2D eigenvalue weighted by atomic mass is 10.0. The third-order valence-electron chi connectivity index (χ3n) is 5.44. The molecule has 0 bridgehead atoms.